The summed E-state index contributed by atoms with van der Waals surface area (Å²) in [6.07, 6.45) is 10.3. The number of hydrogen-bond donors (Lipinski definition) is 6. The first-order valence-corrected chi connectivity index (χ1v) is 30.8. The van der Waals surface area contributed by atoms with Crippen molar-refractivity contribution >= 4 is 78.8 Å². The average molecular weight is 1150 g/mol. The van der Waals surface area contributed by atoms with Crippen LogP contribution >= 0.6 is 22.7 Å². The topological polar surface area (TPSA) is 239 Å². The van der Waals surface area contributed by atoms with Gasteiger partial charge in [0.1, 0.15) is 33.1 Å². The third kappa shape index (κ3) is 13.0. The number of carbonyl (C=O) groups excluding carboxylic acids is 6. The molecule has 4 aliphatic rings. The standard InChI is InChI=1S/C60H76N14O6S2/c1-37(61-3)53(75)67-49(57(77)73-31-13-19-43(73)55-69-51-45(81-55)21-29-63-47(51)39-15-7-5-8-16-39)41-23-33-71(34-24-41)59(79)65-27-11-12-28-66-60(80)72-35-25-42(26-36-72)50(68-54(76)38(2)62-4)58(78)74-32-14-20-44(74)56-70-52-46(82-56)22-30-64-48(52)40-17-9-6-10-18-40/h5-10,15-18,21-22,29-30,37-38,41-44,49-50,61-62H,11-14,19-20,23-28,31-36H2,1-4H3,(H,65,79)(H,66,80)(H,67,75)(H,68,76)/t37-,38-,43-,44-,49-,50-/m0/s1. The number of unbranched alkanes of at least 4 members (excludes halogenated alkanes) is 1. The van der Waals surface area contributed by atoms with Crippen LogP contribution in [-0.2, 0) is 19.2 Å². The maximum atomic E-state index is 14.7. The van der Waals surface area contributed by atoms with E-state index >= 15 is 0 Å². The molecule has 4 saturated heterocycles. The Labute approximate surface area is 487 Å². The van der Waals surface area contributed by atoms with Crippen molar-refractivity contribution in [3.63, 3.8) is 0 Å². The second kappa shape index (κ2) is 26.8. The van der Waals surface area contributed by atoms with E-state index in [1.165, 1.54) is 0 Å². The van der Waals surface area contributed by atoms with E-state index in [-0.39, 0.29) is 59.6 Å². The molecule has 4 fully saturated rings. The van der Waals surface area contributed by atoms with E-state index in [1.54, 1.807) is 72.8 Å². The lowest BCUT2D eigenvalue weighted by atomic mass is 9.88. The number of fused-ring (bicyclic) bond motifs is 2. The minimum Gasteiger partial charge on any atom is -0.343 e. The number of rotatable bonds is 19. The minimum atomic E-state index is -0.759. The molecule has 0 aliphatic carbocycles. The fraction of sp³-hybridized carbons (Fsp3) is 0.500. The van der Waals surface area contributed by atoms with Gasteiger partial charge in [0.25, 0.3) is 0 Å². The maximum Gasteiger partial charge on any atom is 0.317 e. The number of pyridine rings is 2. The number of hydrogen-bond acceptors (Lipinski definition) is 14. The first-order valence-electron chi connectivity index (χ1n) is 29.1. The van der Waals surface area contributed by atoms with Crippen molar-refractivity contribution < 1.29 is 28.8 Å². The highest BCUT2D eigenvalue weighted by Gasteiger charge is 2.43. The van der Waals surface area contributed by atoms with Crippen LogP contribution in [0.15, 0.2) is 85.2 Å². The molecule has 0 radical (unpaired) electrons. The average Bonchev–Trinajstić information content (AvgIpc) is 4.45. The van der Waals surface area contributed by atoms with E-state index in [2.05, 4.69) is 41.9 Å². The van der Waals surface area contributed by atoms with Crippen molar-refractivity contribution in [1.82, 2.24) is 71.4 Å². The van der Waals surface area contributed by atoms with Gasteiger partial charge in [0.15, 0.2) is 0 Å². The molecule has 434 valence electrons. The van der Waals surface area contributed by atoms with Gasteiger partial charge in [0.05, 0.1) is 45.0 Å². The Balaban J connectivity index is 0.680. The fourth-order valence-corrected chi connectivity index (χ4v) is 14.1. The molecule has 4 aliphatic heterocycles. The lowest BCUT2D eigenvalue weighted by molar-refractivity contribution is -0.139. The summed E-state index contributed by atoms with van der Waals surface area (Å²) in [4.78, 5) is 110. The number of nitrogens with one attached hydrogen (secondary N) is 6. The molecule has 0 bridgehead atoms. The molecule has 0 unspecified atom stereocenters. The summed E-state index contributed by atoms with van der Waals surface area (Å²) < 4.78 is 2.01. The number of carbonyl (C=O) groups is 6. The molecule has 8 amide bonds. The number of benzene rings is 2. The van der Waals surface area contributed by atoms with Crippen LogP contribution in [-0.4, -0.2) is 166 Å². The van der Waals surface area contributed by atoms with E-state index in [1.807, 2.05) is 82.6 Å². The van der Waals surface area contributed by atoms with Gasteiger partial charge in [-0.25, -0.2) is 19.6 Å². The van der Waals surface area contributed by atoms with Gasteiger partial charge in [0, 0.05) is 75.9 Å². The fourth-order valence-electron chi connectivity index (χ4n) is 11.9. The number of thiazole rings is 2. The van der Waals surface area contributed by atoms with Gasteiger partial charge >= 0.3 is 12.1 Å². The summed E-state index contributed by atoms with van der Waals surface area (Å²) in [6.45, 7) is 7.29. The monoisotopic (exact) mass is 1150 g/mol. The summed E-state index contributed by atoms with van der Waals surface area (Å²) in [5.74, 6) is -1.09. The highest BCUT2D eigenvalue weighted by atomic mass is 32.1. The van der Waals surface area contributed by atoms with Gasteiger partial charge in [-0.3, -0.25) is 29.1 Å². The third-order valence-electron chi connectivity index (χ3n) is 16.9. The van der Waals surface area contributed by atoms with Gasteiger partial charge in [-0.2, -0.15) is 0 Å². The van der Waals surface area contributed by atoms with Gasteiger partial charge < -0.3 is 51.5 Å². The zero-order chi connectivity index (χ0) is 57.3. The maximum absolute atomic E-state index is 14.7. The van der Waals surface area contributed by atoms with Gasteiger partial charge in [-0.1, -0.05) is 60.7 Å². The molecule has 0 spiro atoms. The first-order chi connectivity index (χ1) is 39.9. The van der Waals surface area contributed by atoms with Crippen LogP contribution in [0.3, 0.4) is 0 Å². The lowest BCUT2D eigenvalue weighted by Gasteiger charge is -2.38. The molecule has 4 aromatic heterocycles. The molecule has 82 heavy (non-hydrogen) atoms. The van der Waals surface area contributed by atoms with E-state index in [0.717, 1.165) is 78.6 Å². The zero-order valence-electron chi connectivity index (χ0n) is 47.3. The molecule has 22 heteroatoms. The molecule has 6 N–H and O–H groups in total. The predicted octanol–water partition coefficient (Wildman–Crippen LogP) is 6.87. The van der Waals surface area contributed by atoms with E-state index in [9.17, 15) is 28.8 Å². The quantitative estimate of drug-likeness (QED) is 0.0456. The largest absolute Gasteiger partial charge is 0.343 e. The van der Waals surface area contributed by atoms with Crippen LogP contribution < -0.4 is 31.9 Å². The normalized spacial score (nSPS) is 19.5. The Morgan fingerprint density at radius 2 is 0.927 bits per heavy atom. The zero-order valence-corrected chi connectivity index (χ0v) is 48.9. The summed E-state index contributed by atoms with van der Waals surface area (Å²) >= 11 is 3.17. The van der Waals surface area contributed by atoms with E-state index in [4.69, 9.17) is 9.97 Å². The third-order valence-corrected chi connectivity index (χ3v) is 19.2. The lowest BCUT2D eigenvalue weighted by Crippen LogP contribution is -2.57. The molecule has 6 aromatic rings. The van der Waals surface area contributed by atoms with Crippen molar-refractivity contribution in [3.8, 4) is 22.5 Å². The van der Waals surface area contributed by atoms with Crippen LogP contribution in [0.25, 0.3) is 42.9 Å². The molecule has 2 aromatic carbocycles. The van der Waals surface area contributed by atoms with Crippen LogP contribution in [0.5, 0.6) is 0 Å². The molecule has 8 heterocycles. The smallest absolute Gasteiger partial charge is 0.317 e. The van der Waals surface area contributed by atoms with Crippen LogP contribution in [0.1, 0.15) is 100 Å². The Morgan fingerprint density at radius 3 is 1.30 bits per heavy atom. The second-order valence-electron chi connectivity index (χ2n) is 22.0. The van der Waals surface area contributed by atoms with Crippen molar-refractivity contribution in [2.45, 2.75) is 114 Å². The Morgan fingerprint density at radius 1 is 0.537 bits per heavy atom. The second-order valence-corrected chi connectivity index (χ2v) is 24.2. The Hall–Kier alpha value is -7.14. The number of likely N-dealkylation sites (tertiary alicyclic amines) is 4. The number of aromatic nitrogens is 4. The Kier molecular flexibility index (Phi) is 19.0. The van der Waals surface area contributed by atoms with Crippen LogP contribution in [0.2, 0.25) is 0 Å². The summed E-state index contributed by atoms with van der Waals surface area (Å²) in [5, 5.41) is 20.0. The van der Waals surface area contributed by atoms with E-state index in [0.29, 0.717) is 90.9 Å². The van der Waals surface area contributed by atoms with Crippen LogP contribution in [0, 0.1) is 11.8 Å². The van der Waals surface area contributed by atoms with Gasteiger partial charge in [-0.15, -0.1) is 22.7 Å². The van der Waals surface area contributed by atoms with E-state index < -0.39 is 24.2 Å². The minimum absolute atomic E-state index is 0.120. The molecule has 0 saturated carbocycles. The molecule has 6 atom stereocenters. The summed E-state index contributed by atoms with van der Waals surface area (Å²) in [6, 6.07) is 20.6. The number of likely N-dealkylation sites (N-methyl/N-ethyl adjacent to an activating group) is 2. The number of urea groups is 2. The number of piperidine rings is 2. The van der Waals surface area contributed by atoms with Crippen LogP contribution in [0.4, 0.5) is 9.59 Å². The number of amides is 8. The summed E-state index contributed by atoms with van der Waals surface area (Å²) in [5.41, 5.74) is 5.21. The van der Waals surface area contributed by atoms with Crippen molar-refractivity contribution in [2.24, 2.45) is 11.8 Å². The van der Waals surface area contributed by atoms with Crippen molar-refractivity contribution in [2.75, 3.05) is 66.5 Å². The molecule has 20 nitrogen and oxygen atoms in total. The van der Waals surface area contributed by atoms with Crippen molar-refractivity contribution in [1.29, 1.82) is 0 Å². The first kappa shape index (κ1) is 58.1. The molecular weight excluding hydrogens is 1080 g/mol. The molecular formula is C60H76N14O6S2. The SMILES string of the molecule is CN[C@@H](C)C(=O)N[C@H](C(=O)N1CCC[C@H]1c1nc2c(-c3ccccc3)nccc2s1)C1CCN(C(=O)NCCCCNC(=O)N2CCC([C@H](NC(=O)[C@H](C)NC)C(=O)N3CCC[C@H]3c3nc4c(-c5ccccc5)nccc4s3)CC2)CC1. The van der Waals surface area contributed by atoms with Gasteiger partial charge in [-0.05, 0) is 116 Å². The van der Waals surface area contributed by atoms with Gasteiger partial charge in [0.2, 0.25) is 23.6 Å². The number of nitrogens with zero attached hydrogens (tertiary/aromatic N) is 8. The highest BCUT2D eigenvalue weighted by Crippen LogP contribution is 2.42. The summed E-state index contributed by atoms with van der Waals surface area (Å²) in [7, 11) is 3.44. The predicted molar refractivity (Wildman–Crippen MR) is 319 cm³/mol. The Bertz CT molecular complexity index is 2990. The molecule has 10 rings (SSSR count). The highest BCUT2D eigenvalue weighted by molar-refractivity contribution is 7.19. The van der Waals surface area contributed by atoms with Crippen molar-refractivity contribution in [3.05, 3.63) is 95.2 Å².